The number of rotatable bonds is 7. The molecule has 0 radical (unpaired) electrons. The third kappa shape index (κ3) is 5.04. The molecule has 0 saturated carbocycles. The van der Waals surface area contributed by atoms with Gasteiger partial charge in [-0.2, -0.15) is 0 Å². The molecule has 1 aliphatic rings. The summed E-state index contributed by atoms with van der Waals surface area (Å²) in [5.41, 5.74) is 5.11. The lowest BCUT2D eigenvalue weighted by Gasteiger charge is -2.09. The van der Waals surface area contributed by atoms with E-state index < -0.39 is 5.91 Å². The van der Waals surface area contributed by atoms with Crippen molar-refractivity contribution in [2.24, 2.45) is 0 Å². The van der Waals surface area contributed by atoms with Gasteiger partial charge in [0.05, 0.1) is 13.7 Å². The number of hydrogen-bond donors (Lipinski definition) is 2. The van der Waals surface area contributed by atoms with Crippen LogP contribution in [0.25, 0.3) is 0 Å². The van der Waals surface area contributed by atoms with Crippen molar-refractivity contribution in [2.45, 2.75) is 12.8 Å². The third-order valence-corrected chi connectivity index (χ3v) is 3.83. The Morgan fingerprint density at radius 2 is 1.74 bits per heavy atom. The molecule has 0 bridgehead atoms. The molecule has 142 valence electrons. The van der Waals surface area contributed by atoms with E-state index in [1.165, 1.54) is 0 Å². The molecule has 1 heterocycles. The van der Waals surface area contributed by atoms with E-state index in [4.69, 9.17) is 18.9 Å². The van der Waals surface area contributed by atoms with Gasteiger partial charge in [-0.15, -0.1) is 0 Å². The zero-order valence-electron chi connectivity index (χ0n) is 14.8. The Morgan fingerprint density at radius 3 is 2.52 bits per heavy atom. The average Bonchev–Trinajstić information content (AvgIpc) is 3.17. The Balaban J connectivity index is 1.35. The van der Waals surface area contributed by atoms with Gasteiger partial charge in [-0.05, 0) is 48.9 Å². The second kappa shape index (κ2) is 8.79. The van der Waals surface area contributed by atoms with Crippen LogP contribution in [-0.4, -0.2) is 32.3 Å². The van der Waals surface area contributed by atoms with Crippen molar-refractivity contribution < 1.29 is 28.5 Å². The molecule has 0 aliphatic carbocycles. The minimum absolute atomic E-state index is 0.135. The highest BCUT2D eigenvalue weighted by molar-refractivity contribution is 5.96. The largest absolute Gasteiger partial charge is 0.497 e. The lowest BCUT2D eigenvalue weighted by Crippen LogP contribution is -2.41. The van der Waals surface area contributed by atoms with E-state index in [1.54, 1.807) is 49.6 Å². The summed E-state index contributed by atoms with van der Waals surface area (Å²) < 4.78 is 21.0. The van der Waals surface area contributed by atoms with Crippen LogP contribution in [0.15, 0.2) is 42.5 Å². The molecule has 8 nitrogen and oxygen atoms in total. The Labute approximate surface area is 156 Å². The Morgan fingerprint density at radius 1 is 1.00 bits per heavy atom. The topological polar surface area (TPSA) is 95.1 Å². The number of carbonyl (C=O) groups excluding carboxylic acids is 2. The van der Waals surface area contributed by atoms with Gasteiger partial charge < -0.3 is 18.9 Å². The highest BCUT2D eigenvalue weighted by Crippen LogP contribution is 2.32. The molecule has 3 rings (SSSR count). The maximum Gasteiger partial charge on any atom is 0.269 e. The summed E-state index contributed by atoms with van der Waals surface area (Å²) >= 11 is 0. The van der Waals surface area contributed by atoms with Crippen molar-refractivity contribution in [3.05, 3.63) is 48.0 Å². The minimum Gasteiger partial charge on any atom is -0.497 e. The van der Waals surface area contributed by atoms with Gasteiger partial charge in [-0.25, -0.2) is 0 Å². The van der Waals surface area contributed by atoms with Crippen LogP contribution < -0.4 is 29.8 Å². The maximum atomic E-state index is 12.1. The monoisotopic (exact) mass is 372 g/mol. The first-order valence-electron chi connectivity index (χ1n) is 8.41. The standard InChI is InChI=1S/C19H20N2O6/c1-24-14-5-7-15(8-6-14)25-10-2-3-18(22)20-21-19(23)13-4-9-16-17(11-13)27-12-26-16/h4-9,11H,2-3,10,12H2,1H3,(H,20,22)(H,21,23). The van der Waals surface area contributed by atoms with Crippen molar-refractivity contribution in [3.8, 4) is 23.0 Å². The van der Waals surface area contributed by atoms with Gasteiger partial charge in [-0.1, -0.05) is 0 Å². The fourth-order valence-electron chi connectivity index (χ4n) is 2.39. The van der Waals surface area contributed by atoms with Crippen molar-refractivity contribution >= 4 is 11.8 Å². The van der Waals surface area contributed by atoms with Gasteiger partial charge in [0.25, 0.3) is 5.91 Å². The number of nitrogens with one attached hydrogen (secondary N) is 2. The molecular weight excluding hydrogens is 352 g/mol. The van der Waals surface area contributed by atoms with Crippen LogP contribution in [0.3, 0.4) is 0 Å². The van der Waals surface area contributed by atoms with Gasteiger partial charge in [0.15, 0.2) is 11.5 Å². The number of methoxy groups -OCH3 is 1. The Bertz CT molecular complexity index is 806. The SMILES string of the molecule is COc1ccc(OCCCC(=O)NNC(=O)c2ccc3c(c2)OCO3)cc1. The van der Waals surface area contributed by atoms with Crippen molar-refractivity contribution in [3.63, 3.8) is 0 Å². The molecule has 0 unspecified atom stereocenters. The summed E-state index contributed by atoms with van der Waals surface area (Å²) in [6.45, 7) is 0.519. The van der Waals surface area contributed by atoms with E-state index in [-0.39, 0.29) is 19.1 Å². The quantitative estimate of drug-likeness (QED) is 0.571. The van der Waals surface area contributed by atoms with Crippen LogP contribution in [0.5, 0.6) is 23.0 Å². The van der Waals surface area contributed by atoms with Gasteiger partial charge in [0.1, 0.15) is 11.5 Å². The number of hydrogen-bond acceptors (Lipinski definition) is 6. The molecule has 2 amide bonds. The van der Waals surface area contributed by atoms with Crippen LogP contribution >= 0.6 is 0 Å². The molecular formula is C19H20N2O6. The van der Waals surface area contributed by atoms with E-state index >= 15 is 0 Å². The number of hydrazine groups is 1. The predicted octanol–water partition coefficient (Wildman–Crippen LogP) is 2.04. The van der Waals surface area contributed by atoms with Crippen LogP contribution in [0.1, 0.15) is 23.2 Å². The summed E-state index contributed by atoms with van der Waals surface area (Å²) in [4.78, 5) is 23.9. The second-order valence-corrected chi connectivity index (χ2v) is 5.70. The highest BCUT2D eigenvalue weighted by Gasteiger charge is 2.16. The van der Waals surface area contributed by atoms with Gasteiger partial charge in [0.2, 0.25) is 12.7 Å². The first-order valence-corrected chi connectivity index (χ1v) is 8.41. The van der Waals surface area contributed by atoms with Crippen molar-refractivity contribution in [2.75, 3.05) is 20.5 Å². The predicted molar refractivity (Wildman–Crippen MR) is 95.9 cm³/mol. The molecule has 0 fully saturated rings. The summed E-state index contributed by atoms with van der Waals surface area (Å²) in [6.07, 6.45) is 0.731. The number of amides is 2. The molecule has 1 aliphatic heterocycles. The van der Waals surface area contributed by atoms with Gasteiger partial charge in [-0.3, -0.25) is 20.4 Å². The van der Waals surface area contributed by atoms with E-state index in [0.717, 1.165) is 5.75 Å². The molecule has 0 aromatic heterocycles. The third-order valence-electron chi connectivity index (χ3n) is 3.83. The zero-order valence-corrected chi connectivity index (χ0v) is 14.8. The Hall–Kier alpha value is -3.42. The number of carbonyl (C=O) groups is 2. The molecule has 0 saturated heterocycles. The zero-order chi connectivity index (χ0) is 19.1. The first-order chi connectivity index (χ1) is 13.2. The van der Waals surface area contributed by atoms with Crippen molar-refractivity contribution in [1.29, 1.82) is 0 Å². The fraction of sp³-hybridized carbons (Fsp3) is 0.263. The van der Waals surface area contributed by atoms with Crippen LogP contribution in [-0.2, 0) is 4.79 Å². The lowest BCUT2D eigenvalue weighted by atomic mass is 10.2. The molecule has 2 aromatic carbocycles. The number of fused-ring (bicyclic) bond motifs is 1. The normalized spacial score (nSPS) is 11.6. The summed E-state index contributed by atoms with van der Waals surface area (Å²) in [6, 6.07) is 12.0. The summed E-state index contributed by atoms with van der Waals surface area (Å²) in [7, 11) is 1.60. The van der Waals surface area contributed by atoms with E-state index in [1.807, 2.05) is 0 Å². The fourth-order valence-corrected chi connectivity index (χ4v) is 2.39. The van der Waals surface area contributed by atoms with Gasteiger partial charge in [0, 0.05) is 12.0 Å². The van der Waals surface area contributed by atoms with Crippen molar-refractivity contribution in [1.82, 2.24) is 10.9 Å². The second-order valence-electron chi connectivity index (χ2n) is 5.70. The molecule has 27 heavy (non-hydrogen) atoms. The maximum absolute atomic E-state index is 12.1. The molecule has 0 spiro atoms. The first kappa shape index (κ1) is 18.4. The van der Waals surface area contributed by atoms with Crippen LogP contribution in [0.2, 0.25) is 0 Å². The van der Waals surface area contributed by atoms with E-state index in [9.17, 15) is 9.59 Å². The highest BCUT2D eigenvalue weighted by atomic mass is 16.7. The number of benzene rings is 2. The number of ether oxygens (including phenoxy) is 4. The van der Waals surface area contributed by atoms with Crippen LogP contribution in [0, 0.1) is 0 Å². The van der Waals surface area contributed by atoms with Gasteiger partial charge >= 0.3 is 0 Å². The summed E-state index contributed by atoms with van der Waals surface area (Å²) in [5, 5.41) is 0. The molecule has 8 heteroatoms. The summed E-state index contributed by atoms with van der Waals surface area (Å²) in [5.74, 6) is 1.81. The molecule has 2 aromatic rings. The Kier molecular flexibility index (Phi) is 5.98. The lowest BCUT2D eigenvalue weighted by molar-refractivity contribution is -0.122. The molecule has 2 N–H and O–H groups in total. The smallest absolute Gasteiger partial charge is 0.269 e. The van der Waals surface area contributed by atoms with Crippen LogP contribution in [0.4, 0.5) is 0 Å². The van der Waals surface area contributed by atoms with E-state index in [2.05, 4.69) is 10.9 Å². The van der Waals surface area contributed by atoms with E-state index in [0.29, 0.717) is 35.8 Å². The average molecular weight is 372 g/mol. The molecule has 0 atom stereocenters. The minimum atomic E-state index is -0.434.